The average Bonchev–Trinajstić information content (AvgIpc) is 1.73. The Balaban J connectivity index is 1.51. The number of nitrogens with zero attached hydrogens (tertiary/aromatic N) is 2. The molecule has 0 aliphatic carbocycles. The van der Waals surface area contributed by atoms with Crippen molar-refractivity contribution in [2.24, 2.45) is 54.1 Å². The molecule has 0 unspecified atom stereocenters. The van der Waals surface area contributed by atoms with E-state index >= 15 is 0 Å². The van der Waals surface area contributed by atoms with Crippen LogP contribution in [0, 0.1) is 54.1 Å². The lowest BCUT2D eigenvalue weighted by molar-refractivity contribution is -0.131. The Labute approximate surface area is 658 Å². The van der Waals surface area contributed by atoms with Gasteiger partial charge >= 0.3 is 0 Å². The number of hydrogen-bond donors (Lipinski definition) is 7. The molecule has 0 atom stereocenters. The lowest BCUT2D eigenvalue weighted by Crippen LogP contribution is -2.43. The summed E-state index contributed by atoms with van der Waals surface area (Å²) in [7, 11) is 0. The number of ether oxygens (including phenoxy) is 7. The van der Waals surface area contributed by atoms with Gasteiger partial charge in [-0.25, -0.2) is 0 Å². The van der Waals surface area contributed by atoms with Crippen LogP contribution in [0.25, 0.3) is 11.5 Å². The third kappa shape index (κ3) is 41.5. The van der Waals surface area contributed by atoms with Crippen LogP contribution in [-0.2, 0) is 47.7 Å². The molecule has 0 bridgehead atoms. The summed E-state index contributed by atoms with van der Waals surface area (Å²) in [6.45, 7) is 57.1. The third-order valence-electron chi connectivity index (χ3n) is 18.2. The fraction of sp³-hybridized carbons (Fsp3) is 0.750. The molecule has 0 saturated heterocycles. The maximum atomic E-state index is 13.7. The Morgan fingerprint density at radius 2 is 0.734 bits per heavy atom. The van der Waals surface area contributed by atoms with Gasteiger partial charge in [0.05, 0.1) is 83.3 Å². The van der Waals surface area contributed by atoms with E-state index in [0.717, 1.165) is 31.2 Å². The first-order valence-corrected chi connectivity index (χ1v) is 40.0. The molecule has 3 aromatic rings. The molecule has 7 amide bonds. The molecule has 109 heavy (non-hydrogen) atoms. The summed E-state index contributed by atoms with van der Waals surface area (Å²) in [5.41, 5.74) is -3.82. The molecule has 25 heteroatoms. The smallest absolute Gasteiger partial charge is 0.276 e. The van der Waals surface area contributed by atoms with Gasteiger partial charge in [-0.05, 0) is 118 Å². The SMILES string of the molecule is CSc1nnc(-c2ccc(OCCNC(=O)c3cc(OCCNC(=O)CC(C)(C)OCC(C)(C)CNC(=O)CC(C)(C)COCC(C)(C)CNC(=O)C(C)(C)CCC(C)(C)C)cc(OCCNC(=O)CC(C)(C)OCC(C)(C)CNC(=O)CC(C)(C)COCC(C)(C)CNC(=O)C(C)(C)CCC(C)(C)C)c3)cc2)o1. The molecule has 0 radical (unpaired) electrons. The Hall–Kier alpha value is -6.54. The highest BCUT2D eigenvalue weighted by Gasteiger charge is 2.36. The molecule has 3 rings (SSSR count). The summed E-state index contributed by atoms with van der Waals surface area (Å²) in [6, 6.07) is 11.9. The second kappa shape index (κ2) is 41.8. The van der Waals surface area contributed by atoms with Crippen LogP contribution in [0.2, 0.25) is 0 Å². The van der Waals surface area contributed by atoms with E-state index in [1.807, 2.05) is 129 Å². The average molecular weight is 1550 g/mol. The van der Waals surface area contributed by atoms with Crippen LogP contribution in [0.4, 0.5) is 0 Å². The maximum absolute atomic E-state index is 13.7. The minimum absolute atomic E-state index is 0.0370. The van der Waals surface area contributed by atoms with E-state index in [9.17, 15) is 33.6 Å². The standard InChI is InChI=1S/C84H143N9O15S/c1-73(2,3)32-34-81(19,20)70(99)90-51-77(11,12)55-101-53-75(7,8)45-64(94)88-49-79(15,16)57-106-83(23,24)47-66(96)85-36-39-104-62-42-60(68(98)87-38-41-103-61-30-28-59(29-31-61)69-92-93-72(108-69)109-27)43-63(44-62)105-40-37-86-67(97)48-84(25,26)107-58-80(17,18)50-89-65(95)46-76(9,10)54-102-56-78(13,14)52-91-71(100)82(21,22)35-33-74(4,5)6/h28-31,42-44H,32-41,45-58H2,1-27H3,(H,85,96)(H,86,97)(H,87,98)(H,88,94)(H,89,95)(H,90,99)(H,91,100). The topological polar surface area (TPSA) is 307 Å². The zero-order valence-corrected chi connectivity index (χ0v) is 72.8. The summed E-state index contributed by atoms with van der Waals surface area (Å²) in [5, 5.41) is 29.7. The second-order valence-electron chi connectivity index (χ2n) is 39.4. The van der Waals surface area contributed by atoms with Crippen molar-refractivity contribution in [3.05, 3.63) is 48.0 Å². The summed E-state index contributed by atoms with van der Waals surface area (Å²) in [4.78, 5) is 93.2. The molecule has 0 spiro atoms. The van der Waals surface area contributed by atoms with Gasteiger partial charge in [-0.15, -0.1) is 10.2 Å². The number of hydrogen-bond acceptors (Lipinski definition) is 18. The molecule has 1 aromatic heterocycles. The van der Waals surface area contributed by atoms with Crippen LogP contribution >= 0.6 is 11.8 Å². The van der Waals surface area contributed by atoms with Gasteiger partial charge in [-0.3, -0.25) is 33.6 Å². The van der Waals surface area contributed by atoms with E-state index in [1.165, 1.54) is 11.8 Å². The number of aromatic nitrogens is 2. The van der Waals surface area contributed by atoms with E-state index in [2.05, 4.69) is 117 Å². The number of carbonyl (C=O) groups excluding carboxylic acids is 7. The monoisotopic (exact) mass is 1550 g/mol. The Bertz CT molecular complexity index is 3200. The number of amides is 7. The van der Waals surface area contributed by atoms with Gasteiger partial charge in [0.1, 0.15) is 37.1 Å². The van der Waals surface area contributed by atoms with Gasteiger partial charge in [-0.2, -0.15) is 0 Å². The minimum atomic E-state index is -0.852. The molecule has 2 aromatic carbocycles. The first-order chi connectivity index (χ1) is 49.9. The molecule has 24 nitrogen and oxygen atoms in total. The second-order valence-corrected chi connectivity index (χ2v) is 40.1. The van der Waals surface area contributed by atoms with E-state index in [4.69, 9.17) is 37.6 Å². The normalized spacial score (nSPS) is 13.1. The van der Waals surface area contributed by atoms with Crippen LogP contribution < -0.4 is 51.4 Å². The highest BCUT2D eigenvalue weighted by molar-refractivity contribution is 7.98. The molecule has 0 aliphatic heterocycles. The predicted molar refractivity (Wildman–Crippen MR) is 433 cm³/mol. The fourth-order valence-corrected chi connectivity index (χ4v) is 11.1. The van der Waals surface area contributed by atoms with Gasteiger partial charge in [-0.1, -0.05) is 164 Å². The van der Waals surface area contributed by atoms with E-state index in [0.29, 0.717) is 81.0 Å². The molecular formula is C84H143N9O15S. The first kappa shape index (κ1) is 96.7. The first-order valence-electron chi connectivity index (χ1n) is 38.8. The zero-order valence-electron chi connectivity index (χ0n) is 71.9. The largest absolute Gasteiger partial charge is 0.492 e. The Morgan fingerprint density at radius 3 is 1.11 bits per heavy atom. The third-order valence-corrected chi connectivity index (χ3v) is 18.7. The lowest BCUT2D eigenvalue weighted by atomic mass is 9.79. The lowest BCUT2D eigenvalue weighted by Gasteiger charge is -2.33. The highest BCUT2D eigenvalue weighted by atomic mass is 32.2. The maximum Gasteiger partial charge on any atom is 0.276 e. The number of benzene rings is 2. The van der Waals surface area contributed by atoms with Gasteiger partial charge in [0.25, 0.3) is 11.1 Å². The quantitative estimate of drug-likeness (QED) is 0.0204. The molecule has 0 saturated carbocycles. The molecule has 620 valence electrons. The van der Waals surface area contributed by atoms with Crippen LogP contribution in [0.3, 0.4) is 0 Å². The van der Waals surface area contributed by atoms with Crippen LogP contribution in [0.1, 0.15) is 242 Å². The summed E-state index contributed by atoms with van der Waals surface area (Å²) >= 11 is 1.35. The van der Waals surface area contributed by atoms with Gasteiger partial charge in [0.2, 0.25) is 41.3 Å². The van der Waals surface area contributed by atoms with Crippen molar-refractivity contribution in [3.8, 4) is 28.7 Å². The van der Waals surface area contributed by atoms with E-state index in [1.54, 1.807) is 30.3 Å². The predicted octanol–water partition coefficient (Wildman–Crippen LogP) is 13.8. The summed E-state index contributed by atoms with van der Waals surface area (Å²) in [5.74, 6) is 0.496. The van der Waals surface area contributed by atoms with Gasteiger partial charge < -0.3 is 74.8 Å². The fourth-order valence-electron chi connectivity index (χ4n) is 10.8. The van der Waals surface area contributed by atoms with Crippen LogP contribution in [-0.4, -0.2) is 174 Å². The summed E-state index contributed by atoms with van der Waals surface area (Å²) in [6.07, 6.45) is 5.95. The van der Waals surface area contributed by atoms with Crippen molar-refractivity contribution in [1.29, 1.82) is 0 Å². The van der Waals surface area contributed by atoms with E-state index in [-0.39, 0.29) is 141 Å². The zero-order chi connectivity index (χ0) is 82.7. The van der Waals surface area contributed by atoms with Crippen molar-refractivity contribution in [2.45, 2.75) is 248 Å². The Kier molecular flexibility index (Phi) is 37.1. The van der Waals surface area contributed by atoms with Crippen molar-refractivity contribution < 1.29 is 71.1 Å². The number of carbonyl (C=O) groups is 7. The number of thioether (sulfide) groups is 1. The Morgan fingerprint density at radius 1 is 0.385 bits per heavy atom. The van der Waals surface area contributed by atoms with Crippen LogP contribution in [0.5, 0.6) is 17.2 Å². The van der Waals surface area contributed by atoms with Crippen molar-refractivity contribution >= 4 is 53.1 Å². The molecule has 7 N–H and O–H groups in total. The molecule has 1 heterocycles. The van der Waals surface area contributed by atoms with Crippen molar-refractivity contribution in [2.75, 3.05) is 112 Å². The molecular weight excluding hydrogens is 1410 g/mol. The minimum Gasteiger partial charge on any atom is -0.492 e. The van der Waals surface area contributed by atoms with Gasteiger partial charge in [0.15, 0.2) is 0 Å². The summed E-state index contributed by atoms with van der Waals surface area (Å²) < 4.78 is 48.7. The van der Waals surface area contributed by atoms with Crippen LogP contribution in [0.15, 0.2) is 52.1 Å². The number of nitrogens with one attached hydrogen (secondary N) is 7. The van der Waals surface area contributed by atoms with Crippen molar-refractivity contribution in [1.82, 2.24) is 47.4 Å². The molecule has 0 fully saturated rings. The molecule has 0 aliphatic rings. The number of rotatable bonds is 51. The van der Waals surface area contributed by atoms with E-state index < -0.39 is 49.6 Å². The highest BCUT2D eigenvalue weighted by Crippen LogP contribution is 2.35. The van der Waals surface area contributed by atoms with Gasteiger partial charge in [0, 0.05) is 88.7 Å². The van der Waals surface area contributed by atoms with Crippen molar-refractivity contribution in [3.63, 3.8) is 0 Å².